The molecule has 0 spiro atoms. The van der Waals surface area contributed by atoms with Gasteiger partial charge in [0.25, 0.3) is 5.91 Å². The SMILES string of the molecule is C[C@H](CCc1ccccc1)NC(=O)[C@@H]1c2ccccc2C(=O)N(C2CCCC2)[C@H]1c1cccs1. The van der Waals surface area contributed by atoms with Crippen LogP contribution in [0.5, 0.6) is 0 Å². The quantitative estimate of drug-likeness (QED) is 0.451. The van der Waals surface area contributed by atoms with E-state index >= 15 is 0 Å². The lowest BCUT2D eigenvalue weighted by molar-refractivity contribution is -0.125. The van der Waals surface area contributed by atoms with Crippen molar-refractivity contribution < 1.29 is 9.59 Å². The van der Waals surface area contributed by atoms with E-state index in [1.807, 2.05) is 41.8 Å². The number of amides is 2. The predicted molar refractivity (Wildman–Crippen MR) is 137 cm³/mol. The van der Waals surface area contributed by atoms with E-state index in [1.54, 1.807) is 11.3 Å². The molecule has 0 saturated heterocycles. The van der Waals surface area contributed by atoms with Crippen LogP contribution in [0.2, 0.25) is 0 Å². The number of nitrogens with zero attached hydrogens (tertiary/aromatic N) is 1. The molecule has 1 aliphatic heterocycles. The van der Waals surface area contributed by atoms with Gasteiger partial charge < -0.3 is 10.2 Å². The summed E-state index contributed by atoms with van der Waals surface area (Å²) >= 11 is 1.64. The monoisotopic (exact) mass is 472 g/mol. The summed E-state index contributed by atoms with van der Waals surface area (Å²) in [5.74, 6) is -0.323. The van der Waals surface area contributed by atoms with Gasteiger partial charge in [0.05, 0.1) is 12.0 Å². The molecular weight excluding hydrogens is 440 g/mol. The van der Waals surface area contributed by atoms with E-state index in [0.29, 0.717) is 5.56 Å². The molecule has 176 valence electrons. The van der Waals surface area contributed by atoms with Gasteiger partial charge in [-0.05, 0) is 61.2 Å². The number of thiophene rings is 1. The number of carbonyl (C=O) groups excluding carboxylic acids is 2. The summed E-state index contributed by atoms with van der Waals surface area (Å²) in [7, 11) is 0. The van der Waals surface area contributed by atoms with Gasteiger partial charge >= 0.3 is 0 Å². The lowest BCUT2D eigenvalue weighted by Gasteiger charge is -2.44. The van der Waals surface area contributed by atoms with Crippen molar-refractivity contribution in [1.82, 2.24) is 10.2 Å². The summed E-state index contributed by atoms with van der Waals surface area (Å²) in [6.45, 7) is 2.08. The van der Waals surface area contributed by atoms with Crippen molar-refractivity contribution in [2.45, 2.75) is 69.5 Å². The Bertz CT molecular complexity index is 1120. The Morgan fingerprint density at radius 3 is 2.50 bits per heavy atom. The van der Waals surface area contributed by atoms with E-state index in [9.17, 15) is 9.59 Å². The van der Waals surface area contributed by atoms with Crippen molar-refractivity contribution in [3.63, 3.8) is 0 Å². The molecular formula is C29H32N2O2S. The maximum Gasteiger partial charge on any atom is 0.254 e. The van der Waals surface area contributed by atoms with Crippen LogP contribution in [0.25, 0.3) is 0 Å². The second kappa shape index (κ2) is 10.1. The summed E-state index contributed by atoms with van der Waals surface area (Å²) in [4.78, 5) is 30.8. The Kier molecular flexibility index (Phi) is 6.82. The number of benzene rings is 2. The highest BCUT2D eigenvalue weighted by molar-refractivity contribution is 7.10. The predicted octanol–water partition coefficient (Wildman–Crippen LogP) is 6.11. The average Bonchev–Trinajstić information content (AvgIpc) is 3.58. The number of fused-ring (bicyclic) bond motifs is 1. The number of rotatable bonds is 7. The smallest absolute Gasteiger partial charge is 0.254 e. The van der Waals surface area contributed by atoms with Crippen LogP contribution in [-0.2, 0) is 11.2 Å². The lowest BCUT2D eigenvalue weighted by atomic mass is 9.80. The summed E-state index contributed by atoms with van der Waals surface area (Å²) in [6.07, 6.45) is 6.10. The largest absolute Gasteiger partial charge is 0.353 e. The van der Waals surface area contributed by atoms with Gasteiger partial charge in [0.15, 0.2) is 0 Å². The highest BCUT2D eigenvalue weighted by Crippen LogP contribution is 2.47. The van der Waals surface area contributed by atoms with Crippen LogP contribution in [-0.4, -0.2) is 28.8 Å². The fraction of sp³-hybridized carbons (Fsp3) is 0.379. The van der Waals surface area contributed by atoms with Crippen LogP contribution in [0.3, 0.4) is 0 Å². The third-order valence-corrected chi connectivity index (χ3v) is 8.25. The Morgan fingerprint density at radius 2 is 1.76 bits per heavy atom. The van der Waals surface area contributed by atoms with Crippen LogP contribution < -0.4 is 5.32 Å². The minimum atomic E-state index is -0.410. The molecule has 3 aromatic rings. The van der Waals surface area contributed by atoms with Gasteiger partial charge in [-0.25, -0.2) is 0 Å². The topological polar surface area (TPSA) is 49.4 Å². The van der Waals surface area contributed by atoms with Crippen LogP contribution in [0.1, 0.15) is 77.3 Å². The Labute approximate surface area is 206 Å². The van der Waals surface area contributed by atoms with Crippen molar-refractivity contribution in [1.29, 1.82) is 0 Å². The van der Waals surface area contributed by atoms with Crippen molar-refractivity contribution in [3.05, 3.63) is 93.7 Å². The maximum absolute atomic E-state index is 13.9. The summed E-state index contributed by atoms with van der Waals surface area (Å²) < 4.78 is 0. The van der Waals surface area contributed by atoms with Gasteiger partial charge in [-0.1, -0.05) is 67.4 Å². The third kappa shape index (κ3) is 4.54. The van der Waals surface area contributed by atoms with E-state index in [4.69, 9.17) is 0 Å². The highest BCUT2D eigenvalue weighted by atomic mass is 32.1. The molecule has 0 radical (unpaired) electrons. The molecule has 1 N–H and O–H groups in total. The third-order valence-electron chi connectivity index (χ3n) is 7.31. The number of carbonyl (C=O) groups is 2. The number of nitrogens with one attached hydrogen (secondary N) is 1. The molecule has 4 nitrogen and oxygen atoms in total. The number of hydrogen-bond acceptors (Lipinski definition) is 3. The fourth-order valence-corrected chi connectivity index (χ4v) is 6.47. The molecule has 0 unspecified atom stereocenters. The first-order chi connectivity index (χ1) is 16.6. The van der Waals surface area contributed by atoms with Gasteiger partial charge in [-0.15, -0.1) is 11.3 Å². The Morgan fingerprint density at radius 1 is 1.03 bits per heavy atom. The molecule has 1 saturated carbocycles. The van der Waals surface area contributed by atoms with Gasteiger partial charge in [0, 0.05) is 22.5 Å². The molecule has 1 fully saturated rings. The molecule has 5 heteroatoms. The van der Waals surface area contributed by atoms with E-state index in [2.05, 4.69) is 47.5 Å². The Balaban J connectivity index is 1.45. The first-order valence-corrected chi connectivity index (χ1v) is 13.3. The summed E-state index contributed by atoms with van der Waals surface area (Å²) in [5, 5.41) is 5.35. The van der Waals surface area contributed by atoms with Crippen LogP contribution in [0.4, 0.5) is 0 Å². The van der Waals surface area contributed by atoms with Crippen LogP contribution in [0, 0.1) is 0 Å². The molecule has 34 heavy (non-hydrogen) atoms. The zero-order valence-corrected chi connectivity index (χ0v) is 20.5. The first-order valence-electron chi connectivity index (χ1n) is 12.4. The molecule has 2 amide bonds. The van der Waals surface area contributed by atoms with E-state index in [1.165, 1.54) is 5.56 Å². The van der Waals surface area contributed by atoms with Crippen LogP contribution in [0.15, 0.2) is 72.1 Å². The normalized spacial score (nSPS) is 21.3. The number of hydrogen-bond donors (Lipinski definition) is 1. The van der Waals surface area contributed by atoms with Crippen molar-refractivity contribution in [2.24, 2.45) is 0 Å². The molecule has 1 aliphatic carbocycles. The van der Waals surface area contributed by atoms with Crippen molar-refractivity contribution in [2.75, 3.05) is 0 Å². The zero-order valence-electron chi connectivity index (χ0n) is 19.7. The molecule has 3 atom stereocenters. The van der Waals surface area contributed by atoms with Crippen molar-refractivity contribution >= 4 is 23.2 Å². The minimum absolute atomic E-state index is 0.0157. The first kappa shape index (κ1) is 22.9. The fourth-order valence-electron chi connectivity index (χ4n) is 5.61. The van der Waals surface area contributed by atoms with Crippen LogP contribution >= 0.6 is 11.3 Å². The number of aryl methyl sites for hydroxylation is 1. The molecule has 2 aliphatic rings. The second-order valence-electron chi connectivity index (χ2n) is 9.61. The van der Waals surface area contributed by atoms with E-state index in [0.717, 1.165) is 49.0 Å². The summed E-state index contributed by atoms with van der Waals surface area (Å²) in [5.41, 5.74) is 2.81. The Hall–Kier alpha value is -2.92. The molecule has 0 bridgehead atoms. The van der Waals surface area contributed by atoms with Gasteiger partial charge in [-0.2, -0.15) is 0 Å². The van der Waals surface area contributed by atoms with E-state index < -0.39 is 5.92 Å². The standard InChI is InChI=1S/C29H32N2O2S/c1-20(17-18-21-10-3-2-4-11-21)30-28(32)26-23-14-7-8-15-24(23)29(33)31(22-12-5-6-13-22)27(26)25-16-9-19-34-25/h2-4,7-11,14-16,19-20,22,26-27H,5-6,12-13,17-18H2,1H3,(H,30,32)/t20-,26-,27+/m1/s1. The minimum Gasteiger partial charge on any atom is -0.353 e. The zero-order chi connectivity index (χ0) is 23.5. The van der Waals surface area contributed by atoms with Gasteiger partial charge in [0.2, 0.25) is 5.91 Å². The van der Waals surface area contributed by atoms with E-state index in [-0.39, 0.29) is 29.9 Å². The molecule has 2 aromatic carbocycles. The average molecular weight is 473 g/mol. The molecule has 5 rings (SSSR count). The van der Waals surface area contributed by atoms with Gasteiger partial charge in [-0.3, -0.25) is 9.59 Å². The van der Waals surface area contributed by atoms with Gasteiger partial charge in [0.1, 0.15) is 0 Å². The molecule has 1 aromatic heterocycles. The molecule has 2 heterocycles. The van der Waals surface area contributed by atoms with Crippen molar-refractivity contribution in [3.8, 4) is 0 Å². The summed E-state index contributed by atoms with van der Waals surface area (Å²) in [6, 6.07) is 22.2. The second-order valence-corrected chi connectivity index (χ2v) is 10.6. The maximum atomic E-state index is 13.9. The highest BCUT2D eigenvalue weighted by Gasteiger charge is 2.47. The lowest BCUT2D eigenvalue weighted by Crippen LogP contribution is -2.51.